The minimum absolute atomic E-state index is 0.0818. The molecule has 0 bridgehead atoms. The monoisotopic (exact) mass is 287 g/mol. The zero-order valence-corrected chi connectivity index (χ0v) is 9.06. The smallest absolute Gasteiger partial charge is 0.426 e. The van der Waals surface area contributed by atoms with Crippen molar-refractivity contribution in [2.45, 2.75) is 19.0 Å². The first-order valence-electron chi connectivity index (χ1n) is 3.77. The zero-order valence-electron chi connectivity index (χ0n) is 7.48. The van der Waals surface area contributed by atoms with Crippen LogP contribution in [0.25, 0.3) is 0 Å². The van der Waals surface area contributed by atoms with Crippen LogP contribution < -0.4 is 4.74 Å². The summed E-state index contributed by atoms with van der Waals surface area (Å²) in [7, 11) is 0. The Morgan fingerprint density at radius 3 is 2.33 bits per heavy atom. The number of pyridine rings is 1. The molecule has 1 aromatic heterocycles. The first-order chi connectivity index (χ1) is 6.72. The Bertz CT molecular complexity index is 353. The van der Waals surface area contributed by atoms with Crippen LogP contribution in [0.4, 0.5) is 17.6 Å². The molecule has 84 valence electrons. The summed E-state index contributed by atoms with van der Waals surface area (Å²) in [4.78, 5) is 3.50. The molecular weight excluding hydrogens is 282 g/mol. The van der Waals surface area contributed by atoms with Gasteiger partial charge in [0.2, 0.25) is 0 Å². The van der Waals surface area contributed by atoms with E-state index in [0.717, 1.165) is 12.3 Å². The van der Waals surface area contributed by atoms with Gasteiger partial charge >= 0.3 is 12.0 Å². The minimum atomic E-state index is -4.56. The van der Waals surface area contributed by atoms with Gasteiger partial charge in [-0.2, -0.15) is 17.6 Å². The van der Waals surface area contributed by atoms with Crippen LogP contribution in [-0.4, -0.2) is 17.0 Å². The maximum Gasteiger partial charge on any atom is 0.464 e. The van der Waals surface area contributed by atoms with E-state index >= 15 is 0 Å². The van der Waals surface area contributed by atoms with E-state index < -0.39 is 17.8 Å². The fourth-order valence-corrected chi connectivity index (χ4v) is 1.03. The largest absolute Gasteiger partial charge is 0.464 e. The molecule has 0 fully saturated rings. The normalized spacial score (nSPS) is 12.7. The number of alkyl halides is 4. The van der Waals surface area contributed by atoms with Gasteiger partial charge in [-0.1, -0.05) is 0 Å². The molecule has 0 aromatic carbocycles. The molecule has 0 unspecified atom stereocenters. The fraction of sp³-hybridized carbons (Fsp3) is 0.375. The molecule has 0 saturated heterocycles. The van der Waals surface area contributed by atoms with E-state index in [9.17, 15) is 17.6 Å². The molecule has 0 aliphatic heterocycles. The average molecular weight is 288 g/mol. The van der Waals surface area contributed by atoms with E-state index in [1.807, 2.05) is 0 Å². The zero-order chi connectivity index (χ0) is 11.7. The van der Waals surface area contributed by atoms with Crippen molar-refractivity contribution in [2.75, 3.05) is 0 Å². The molecule has 0 aliphatic carbocycles. The summed E-state index contributed by atoms with van der Waals surface area (Å²) < 4.78 is 54.5. The van der Waals surface area contributed by atoms with Gasteiger partial charge in [-0.05, 0) is 22.0 Å². The van der Waals surface area contributed by atoms with Crippen molar-refractivity contribution in [1.82, 2.24) is 4.98 Å². The Kier molecular flexibility index (Phi) is 3.22. The van der Waals surface area contributed by atoms with Crippen LogP contribution in [0.3, 0.4) is 0 Å². The Hall–Kier alpha value is -0.850. The van der Waals surface area contributed by atoms with Crippen LogP contribution in [0.2, 0.25) is 0 Å². The summed E-state index contributed by atoms with van der Waals surface area (Å²) in [6.07, 6.45) is -2.32. The first kappa shape index (κ1) is 12.2. The Balaban J connectivity index is 2.87. The number of nitrogens with zero attached hydrogens (tertiary/aromatic N) is 1. The summed E-state index contributed by atoms with van der Waals surface area (Å²) >= 11 is 2.95. The van der Waals surface area contributed by atoms with Gasteiger partial charge in [0.05, 0.1) is 6.20 Å². The molecule has 2 nitrogen and oxygen atoms in total. The maximum absolute atomic E-state index is 12.7. The lowest BCUT2D eigenvalue weighted by Gasteiger charge is -2.23. The number of hydrogen-bond donors (Lipinski definition) is 0. The van der Waals surface area contributed by atoms with Crippen LogP contribution in [0.5, 0.6) is 5.75 Å². The third-order valence-electron chi connectivity index (χ3n) is 1.44. The van der Waals surface area contributed by atoms with Crippen LogP contribution in [0.15, 0.2) is 22.9 Å². The molecule has 7 heteroatoms. The Morgan fingerprint density at radius 1 is 1.27 bits per heavy atom. The van der Waals surface area contributed by atoms with Gasteiger partial charge in [0.25, 0.3) is 0 Å². The second kappa shape index (κ2) is 3.96. The van der Waals surface area contributed by atoms with E-state index in [-0.39, 0.29) is 6.92 Å². The van der Waals surface area contributed by atoms with E-state index in [0.29, 0.717) is 4.47 Å². The lowest BCUT2D eigenvalue weighted by Crippen LogP contribution is -2.42. The molecule has 0 amide bonds. The second-order valence-corrected chi connectivity index (χ2v) is 3.76. The van der Waals surface area contributed by atoms with Crippen molar-refractivity contribution < 1.29 is 22.3 Å². The van der Waals surface area contributed by atoms with Gasteiger partial charge in [-0.25, -0.2) is 0 Å². The maximum atomic E-state index is 12.7. The molecule has 15 heavy (non-hydrogen) atoms. The lowest BCUT2D eigenvalue weighted by atomic mass is 10.3. The second-order valence-electron chi connectivity index (χ2n) is 2.85. The number of aromatic nitrogens is 1. The van der Waals surface area contributed by atoms with Gasteiger partial charge in [-0.3, -0.25) is 4.98 Å². The van der Waals surface area contributed by atoms with Crippen molar-refractivity contribution in [1.29, 1.82) is 0 Å². The Labute approximate surface area is 91.4 Å². The molecule has 0 atom stereocenters. The van der Waals surface area contributed by atoms with Crippen molar-refractivity contribution in [3.05, 3.63) is 22.9 Å². The summed E-state index contributed by atoms with van der Waals surface area (Å²) in [5, 5.41) is 0. The summed E-state index contributed by atoms with van der Waals surface area (Å²) in [6.45, 7) is 0.0818. The molecule has 0 radical (unpaired) electrons. The van der Waals surface area contributed by atoms with E-state index in [1.54, 1.807) is 0 Å². The number of ether oxygens (including phenoxy) is 1. The fourth-order valence-electron chi connectivity index (χ4n) is 0.686. The van der Waals surface area contributed by atoms with Crippen molar-refractivity contribution in [2.24, 2.45) is 0 Å². The van der Waals surface area contributed by atoms with Crippen molar-refractivity contribution in [3.8, 4) is 5.75 Å². The predicted octanol–water partition coefficient (Wildman–Crippen LogP) is 3.47. The highest BCUT2D eigenvalue weighted by Gasteiger charge is 2.55. The molecular formula is C8H6BrF4NO. The van der Waals surface area contributed by atoms with E-state index in [1.165, 1.54) is 6.20 Å². The van der Waals surface area contributed by atoms with Crippen molar-refractivity contribution >= 4 is 15.9 Å². The molecule has 0 N–H and O–H groups in total. The third kappa shape index (κ3) is 3.05. The molecule has 1 heterocycles. The average Bonchev–Trinajstić information content (AvgIpc) is 2.00. The van der Waals surface area contributed by atoms with Crippen LogP contribution in [-0.2, 0) is 0 Å². The van der Waals surface area contributed by atoms with Gasteiger partial charge in [0.1, 0.15) is 5.75 Å². The minimum Gasteiger partial charge on any atom is -0.426 e. The predicted molar refractivity (Wildman–Crippen MR) is 48.1 cm³/mol. The van der Waals surface area contributed by atoms with E-state index in [4.69, 9.17) is 0 Å². The van der Waals surface area contributed by atoms with Crippen LogP contribution in [0.1, 0.15) is 6.92 Å². The van der Waals surface area contributed by atoms with Gasteiger partial charge in [-0.15, -0.1) is 0 Å². The standard InChI is InChI=1S/C8H6BrF4NO/c1-7(10,11)8(12,13)15-6-2-5(9)3-14-4-6/h2-4H,1H3. The molecule has 0 spiro atoms. The SMILES string of the molecule is CC(F)(F)C(F)(F)Oc1cncc(Br)c1. The number of halogens is 5. The van der Waals surface area contributed by atoms with Crippen LogP contribution >= 0.6 is 15.9 Å². The first-order valence-corrected chi connectivity index (χ1v) is 4.57. The summed E-state index contributed by atoms with van der Waals surface area (Å²) in [6, 6.07) is 1.12. The number of hydrogen-bond acceptors (Lipinski definition) is 2. The molecule has 0 saturated carbocycles. The Morgan fingerprint density at radius 2 is 1.87 bits per heavy atom. The highest BCUT2D eigenvalue weighted by Crippen LogP contribution is 2.35. The highest BCUT2D eigenvalue weighted by atomic mass is 79.9. The highest BCUT2D eigenvalue weighted by molar-refractivity contribution is 9.10. The molecule has 1 rings (SSSR count). The molecule has 0 aliphatic rings. The molecule has 1 aromatic rings. The number of rotatable bonds is 3. The van der Waals surface area contributed by atoms with Gasteiger partial charge in [0, 0.05) is 17.6 Å². The lowest BCUT2D eigenvalue weighted by molar-refractivity contribution is -0.301. The topological polar surface area (TPSA) is 22.1 Å². The van der Waals surface area contributed by atoms with Gasteiger partial charge < -0.3 is 4.74 Å². The van der Waals surface area contributed by atoms with Crippen LogP contribution in [0, 0.1) is 0 Å². The summed E-state index contributed by atoms with van der Waals surface area (Å²) in [5.41, 5.74) is 0. The van der Waals surface area contributed by atoms with E-state index in [2.05, 4.69) is 25.7 Å². The van der Waals surface area contributed by atoms with Crippen molar-refractivity contribution in [3.63, 3.8) is 0 Å². The summed E-state index contributed by atoms with van der Waals surface area (Å²) in [5.74, 6) is -4.69. The quantitative estimate of drug-likeness (QED) is 0.794. The third-order valence-corrected chi connectivity index (χ3v) is 1.87. The van der Waals surface area contributed by atoms with Gasteiger partial charge in [0.15, 0.2) is 0 Å².